The van der Waals surface area contributed by atoms with Crippen molar-refractivity contribution in [3.05, 3.63) is 0 Å². The maximum Gasteiger partial charge on any atom is 0.0754 e. The van der Waals surface area contributed by atoms with Crippen LogP contribution in [-0.2, 0) is 0 Å². The third kappa shape index (κ3) is 1.13. The van der Waals surface area contributed by atoms with Gasteiger partial charge in [0.15, 0.2) is 0 Å². The van der Waals surface area contributed by atoms with E-state index >= 15 is 0 Å². The third-order valence-electron chi connectivity index (χ3n) is 2.78. The Labute approximate surface area is 66.7 Å². The minimum Gasteiger partial charge on any atom is -0.411 e. The molecule has 1 N–H and O–H groups in total. The van der Waals surface area contributed by atoms with Gasteiger partial charge >= 0.3 is 0 Å². The molecule has 0 radical (unpaired) electrons. The fraction of sp³-hybridized carbons (Fsp3) is 0.875. The standard InChI is InChI=1S/C8H14N2O/c11-9-7-4-6-10-5-2-1-3-8(7)10/h8,11H,1-6H2. The number of oxime groups is 1. The van der Waals surface area contributed by atoms with Crippen molar-refractivity contribution in [2.45, 2.75) is 31.7 Å². The quantitative estimate of drug-likeness (QED) is 0.418. The van der Waals surface area contributed by atoms with Gasteiger partial charge in [-0.1, -0.05) is 11.6 Å². The van der Waals surface area contributed by atoms with Crippen LogP contribution >= 0.6 is 0 Å². The maximum absolute atomic E-state index is 8.67. The molecule has 1 unspecified atom stereocenters. The van der Waals surface area contributed by atoms with E-state index in [1.165, 1.54) is 25.8 Å². The van der Waals surface area contributed by atoms with Gasteiger partial charge in [0.25, 0.3) is 0 Å². The average Bonchev–Trinajstić information content (AvgIpc) is 2.47. The van der Waals surface area contributed by atoms with E-state index in [2.05, 4.69) is 10.1 Å². The monoisotopic (exact) mass is 154 g/mol. The molecule has 2 rings (SSSR count). The highest BCUT2D eigenvalue weighted by atomic mass is 16.4. The van der Waals surface area contributed by atoms with Crippen molar-refractivity contribution >= 4 is 5.71 Å². The summed E-state index contributed by atoms with van der Waals surface area (Å²) in [7, 11) is 0. The van der Waals surface area contributed by atoms with Crippen LogP contribution in [0.5, 0.6) is 0 Å². The molecule has 62 valence electrons. The molecule has 2 aliphatic heterocycles. The summed E-state index contributed by atoms with van der Waals surface area (Å²) in [5.41, 5.74) is 1.00. The number of rotatable bonds is 0. The van der Waals surface area contributed by atoms with Crippen molar-refractivity contribution in [2.24, 2.45) is 5.16 Å². The van der Waals surface area contributed by atoms with Crippen LogP contribution in [0.3, 0.4) is 0 Å². The van der Waals surface area contributed by atoms with Gasteiger partial charge in [-0.25, -0.2) is 0 Å². The molecular weight excluding hydrogens is 140 g/mol. The first kappa shape index (κ1) is 7.10. The molecule has 0 amide bonds. The molecular formula is C8H14N2O. The highest BCUT2D eigenvalue weighted by Gasteiger charge is 2.32. The van der Waals surface area contributed by atoms with Gasteiger partial charge in [0.2, 0.25) is 0 Å². The molecule has 0 aromatic carbocycles. The Morgan fingerprint density at radius 1 is 1.36 bits per heavy atom. The van der Waals surface area contributed by atoms with Crippen molar-refractivity contribution in [1.29, 1.82) is 0 Å². The van der Waals surface area contributed by atoms with Gasteiger partial charge in [-0.05, 0) is 19.4 Å². The Kier molecular flexibility index (Phi) is 1.82. The van der Waals surface area contributed by atoms with E-state index in [-0.39, 0.29) is 0 Å². The zero-order valence-corrected chi connectivity index (χ0v) is 6.66. The topological polar surface area (TPSA) is 35.8 Å². The number of nitrogens with zero attached hydrogens (tertiary/aromatic N) is 2. The molecule has 0 aliphatic carbocycles. The molecule has 1 atom stereocenters. The van der Waals surface area contributed by atoms with Crippen LogP contribution in [0.4, 0.5) is 0 Å². The summed E-state index contributed by atoms with van der Waals surface area (Å²) < 4.78 is 0. The van der Waals surface area contributed by atoms with E-state index in [1.54, 1.807) is 0 Å². The first-order valence-electron chi connectivity index (χ1n) is 4.36. The number of hydrogen-bond acceptors (Lipinski definition) is 3. The Balaban J connectivity index is 2.10. The molecule has 0 spiro atoms. The Hall–Kier alpha value is -0.570. The van der Waals surface area contributed by atoms with E-state index in [0.29, 0.717) is 6.04 Å². The lowest BCUT2D eigenvalue weighted by Crippen LogP contribution is -2.37. The molecule has 0 saturated carbocycles. The molecule has 11 heavy (non-hydrogen) atoms. The van der Waals surface area contributed by atoms with Crippen LogP contribution in [-0.4, -0.2) is 35.0 Å². The molecule has 0 aromatic heterocycles. The Bertz CT molecular complexity index is 179. The summed E-state index contributed by atoms with van der Waals surface area (Å²) in [6.07, 6.45) is 4.77. The maximum atomic E-state index is 8.67. The van der Waals surface area contributed by atoms with Gasteiger partial charge in [-0.3, -0.25) is 4.90 Å². The Morgan fingerprint density at radius 2 is 2.27 bits per heavy atom. The highest BCUT2D eigenvalue weighted by molar-refractivity contribution is 5.91. The van der Waals surface area contributed by atoms with E-state index in [4.69, 9.17) is 5.21 Å². The molecule has 3 nitrogen and oxygen atoms in total. The predicted octanol–water partition coefficient (Wildman–Crippen LogP) is 1.07. The summed E-state index contributed by atoms with van der Waals surface area (Å²) in [6, 6.07) is 0.480. The largest absolute Gasteiger partial charge is 0.411 e. The van der Waals surface area contributed by atoms with Crippen LogP contribution < -0.4 is 0 Å². The second kappa shape index (κ2) is 2.81. The van der Waals surface area contributed by atoms with Gasteiger partial charge in [0, 0.05) is 13.0 Å². The van der Waals surface area contributed by atoms with E-state index < -0.39 is 0 Å². The predicted molar refractivity (Wildman–Crippen MR) is 43.1 cm³/mol. The van der Waals surface area contributed by atoms with E-state index in [0.717, 1.165) is 18.7 Å². The molecule has 0 bridgehead atoms. The van der Waals surface area contributed by atoms with Crippen molar-refractivity contribution < 1.29 is 5.21 Å². The molecule has 2 fully saturated rings. The van der Waals surface area contributed by atoms with Crippen LogP contribution in [0.25, 0.3) is 0 Å². The third-order valence-corrected chi connectivity index (χ3v) is 2.78. The summed E-state index contributed by atoms with van der Waals surface area (Å²) in [5.74, 6) is 0. The van der Waals surface area contributed by atoms with Gasteiger partial charge in [-0.15, -0.1) is 0 Å². The lowest BCUT2D eigenvalue weighted by atomic mass is 10.0. The van der Waals surface area contributed by atoms with Crippen molar-refractivity contribution in [3.63, 3.8) is 0 Å². The van der Waals surface area contributed by atoms with E-state index in [1.807, 2.05) is 0 Å². The van der Waals surface area contributed by atoms with Gasteiger partial charge < -0.3 is 5.21 Å². The van der Waals surface area contributed by atoms with Crippen molar-refractivity contribution in [2.75, 3.05) is 13.1 Å². The number of hydrogen-bond donors (Lipinski definition) is 1. The fourth-order valence-electron chi connectivity index (χ4n) is 2.18. The number of fused-ring (bicyclic) bond motifs is 1. The first-order valence-corrected chi connectivity index (χ1v) is 4.36. The summed E-state index contributed by atoms with van der Waals surface area (Å²) >= 11 is 0. The van der Waals surface area contributed by atoms with E-state index in [9.17, 15) is 0 Å². The summed E-state index contributed by atoms with van der Waals surface area (Å²) in [5, 5.41) is 12.0. The summed E-state index contributed by atoms with van der Waals surface area (Å²) in [6.45, 7) is 2.30. The SMILES string of the molecule is ON=C1CCN2CCCCC12. The van der Waals surface area contributed by atoms with Crippen molar-refractivity contribution in [1.82, 2.24) is 4.90 Å². The highest BCUT2D eigenvalue weighted by Crippen LogP contribution is 2.24. The lowest BCUT2D eigenvalue weighted by molar-refractivity contribution is 0.219. The molecule has 0 aromatic rings. The average molecular weight is 154 g/mol. The minimum absolute atomic E-state index is 0.480. The first-order chi connectivity index (χ1) is 5.42. The molecule has 2 aliphatic rings. The molecule has 3 heteroatoms. The van der Waals surface area contributed by atoms with Crippen LogP contribution in [0, 0.1) is 0 Å². The zero-order valence-electron chi connectivity index (χ0n) is 6.66. The second-order valence-electron chi connectivity index (χ2n) is 3.39. The second-order valence-corrected chi connectivity index (χ2v) is 3.39. The van der Waals surface area contributed by atoms with Crippen LogP contribution in [0.2, 0.25) is 0 Å². The minimum atomic E-state index is 0.480. The Morgan fingerprint density at radius 3 is 3.09 bits per heavy atom. The normalized spacial score (nSPS) is 36.0. The van der Waals surface area contributed by atoms with Crippen LogP contribution in [0.1, 0.15) is 25.7 Å². The molecule has 2 heterocycles. The van der Waals surface area contributed by atoms with Gasteiger partial charge in [-0.2, -0.15) is 0 Å². The van der Waals surface area contributed by atoms with Gasteiger partial charge in [0.1, 0.15) is 0 Å². The van der Waals surface area contributed by atoms with Crippen LogP contribution in [0.15, 0.2) is 5.16 Å². The van der Waals surface area contributed by atoms with Gasteiger partial charge in [0.05, 0.1) is 11.8 Å². The smallest absolute Gasteiger partial charge is 0.0754 e. The lowest BCUT2D eigenvalue weighted by Gasteiger charge is -2.28. The van der Waals surface area contributed by atoms with Crippen molar-refractivity contribution in [3.8, 4) is 0 Å². The fourth-order valence-corrected chi connectivity index (χ4v) is 2.18. The zero-order chi connectivity index (χ0) is 7.68. The number of piperidine rings is 1. The summed E-state index contributed by atoms with van der Waals surface area (Å²) in [4.78, 5) is 2.43. The molecule has 2 saturated heterocycles.